The lowest BCUT2D eigenvalue weighted by Gasteiger charge is -2.25. The van der Waals surface area contributed by atoms with Gasteiger partial charge in [-0.25, -0.2) is 24.5 Å². The number of nitrogens with zero attached hydrogens (tertiary/aromatic N) is 1. The molecule has 0 aliphatic heterocycles. The third-order valence-corrected chi connectivity index (χ3v) is 8.23. The van der Waals surface area contributed by atoms with Crippen molar-refractivity contribution in [1.29, 1.82) is 0 Å². The zero-order chi connectivity index (χ0) is 25.6. The molecule has 1 amide bonds. The van der Waals surface area contributed by atoms with Gasteiger partial charge in [0.05, 0.1) is 11.6 Å². The number of thiophene rings is 1. The maximum Gasteiger partial charge on any atom is 0.267 e. The van der Waals surface area contributed by atoms with Crippen molar-refractivity contribution in [2.45, 2.75) is 16.7 Å². The normalized spacial score (nSPS) is 12.8. The Bertz CT molecular complexity index is 1310. The number of carbonyl (C=O) groups is 1. The summed E-state index contributed by atoms with van der Waals surface area (Å²) in [6, 6.07) is 15.9. The number of phenolic OH excluding ortho intramolecular Hbond substituents is 1. The number of carbonyl (C=O) groups excluding carboxylic acids is 1. The molecule has 2 aromatic carbocycles. The SMILES string of the molecule is N/C(=C\N(N)[C@@H](Cc1ccc(O)c(Cl)c1)C(=O)NO)CNS(=O)(=O)c1ccc(-c2ccccc2)s1. The lowest BCUT2D eigenvalue weighted by Crippen LogP contribution is -2.49. The van der Waals surface area contributed by atoms with E-state index >= 15 is 0 Å². The van der Waals surface area contributed by atoms with Crippen molar-refractivity contribution in [3.05, 3.63) is 83.1 Å². The van der Waals surface area contributed by atoms with Gasteiger partial charge in [0.2, 0.25) is 10.0 Å². The number of sulfonamides is 1. The summed E-state index contributed by atoms with van der Waals surface area (Å²) in [5, 5.41) is 19.7. The molecule has 8 N–H and O–H groups in total. The molecule has 3 rings (SSSR count). The van der Waals surface area contributed by atoms with Crippen molar-refractivity contribution in [1.82, 2.24) is 15.2 Å². The number of hydrogen-bond donors (Lipinski definition) is 6. The number of aromatic hydroxyl groups is 1. The zero-order valence-corrected chi connectivity index (χ0v) is 20.6. The van der Waals surface area contributed by atoms with Crippen molar-refractivity contribution >= 4 is 38.9 Å². The predicted molar refractivity (Wildman–Crippen MR) is 134 cm³/mol. The summed E-state index contributed by atoms with van der Waals surface area (Å²) < 4.78 is 27.9. The van der Waals surface area contributed by atoms with Gasteiger partial charge in [-0.1, -0.05) is 48.0 Å². The van der Waals surface area contributed by atoms with Gasteiger partial charge in [-0.3, -0.25) is 10.0 Å². The first-order chi connectivity index (χ1) is 16.6. The summed E-state index contributed by atoms with van der Waals surface area (Å²) in [4.78, 5) is 13.0. The molecule has 13 heteroatoms. The standard InChI is InChI=1S/C22H24ClN5O5S2/c23-17-10-14(6-7-19(17)29)11-18(22(30)27-31)28(25)13-16(24)12-26-35(32,33)21-9-8-20(34-21)15-4-2-1-3-5-15/h1-10,13,18,26,29,31H,11-12,24-25H2,(H,27,30)/b16-13-/t18-/m0/s1. The van der Waals surface area contributed by atoms with Crippen molar-refractivity contribution < 1.29 is 23.5 Å². The number of nitrogens with one attached hydrogen (secondary N) is 2. The summed E-state index contributed by atoms with van der Waals surface area (Å²) >= 11 is 7.02. The van der Waals surface area contributed by atoms with E-state index in [9.17, 15) is 18.3 Å². The third-order valence-electron chi connectivity index (χ3n) is 4.90. The van der Waals surface area contributed by atoms with Crippen LogP contribution in [-0.2, 0) is 21.2 Å². The predicted octanol–water partition coefficient (Wildman–Crippen LogP) is 2.14. The number of hydrazine groups is 1. The summed E-state index contributed by atoms with van der Waals surface area (Å²) in [5.74, 6) is 5.03. The number of benzene rings is 2. The Balaban J connectivity index is 1.68. The number of amides is 1. The van der Waals surface area contributed by atoms with Crippen LogP contribution in [0.25, 0.3) is 10.4 Å². The lowest BCUT2D eigenvalue weighted by molar-refractivity contribution is -0.134. The Morgan fingerprint density at radius 1 is 1.17 bits per heavy atom. The summed E-state index contributed by atoms with van der Waals surface area (Å²) in [6.07, 6.45) is 1.20. The fraction of sp³-hybridized carbons (Fsp3) is 0.136. The van der Waals surface area contributed by atoms with E-state index in [1.165, 1.54) is 29.9 Å². The van der Waals surface area contributed by atoms with Crippen LogP contribution in [0.15, 0.2) is 76.8 Å². The van der Waals surface area contributed by atoms with E-state index in [1.54, 1.807) is 12.1 Å². The smallest absolute Gasteiger partial charge is 0.267 e. The van der Waals surface area contributed by atoms with Crippen LogP contribution in [0, 0.1) is 0 Å². The number of hydroxylamine groups is 1. The molecule has 0 radical (unpaired) electrons. The molecule has 0 saturated carbocycles. The van der Waals surface area contributed by atoms with E-state index in [1.807, 2.05) is 30.3 Å². The van der Waals surface area contributed by atoms with Crippen LogP contribution in [0.4, 0.5) is 0 Å². The largest absolute Gasteiger partial charge is 0.506 e. The Hall–Kier alpha value is -3.13. The van der Waals surface area contributed by atoms with Crippen LogP contribution in [0.3, 0.4) is 0 Å². The van der Waals surface area contributed by atoms with Crippen LogP contribution >= 0.6 is 22.9 Å². The molecule has 0 aliphatic carbocycles. The van der Waals surface area contributed by atoms with E-state index in [0.717, 1.165) is 26.8 Å². The average molecular weight is 538 g/mol. The summed E-state index contributed by atoms with van der Waals surface area (Å²) in [7, 11) is -3.85. The summed E-state index contributed by atoms with van der Waals surface area (Å²) in [6.45, 7) is -0.271. The van der Waals surface area contributed by atoms with Crippen LogP contribution in [-0.4, -0.2) is 42.2 Å². The number of nitrogens with two attached hydrogens (primary N) is 2. The van der Waals surface area contributed by atoms with E-state index in [0.29, 0.717) is 5.56 Å². The molecule has 186 valence electrons. The third kappa shape index (κ3) is 6.94. The Morgan fingerprint density at radius 3 is 2.54 bits per heavy atom. The Labute approximate surface area is 211 Å². The monoisotopic (exact) mass is 537 g/mol. The van der Waals surface area contributed by atoms with Crippen LogP contribution < -0.4 is 21.8 Å². The maximum absolute atomic E-state index is 12.7. The average Bonchev–Trinajstić information content (AvgIpc) is 3.35. The molecule has 0 fully saturated rings. The van der Waals surface area contributed by atoms with Crippen LogP contribution in [0.1, 0.15) is 5.56 Å². The first-order valence-electron chi connectivity index (χ1n) is 10.2. The van der Waals surface area contributed by atoms with Gasteiger partial charge >= 0.3 is 0 Å². The van der Waals surface area contributed by atoms with Crippen molar-refractivity contribution in [2.75, 3.05) is 6.54 Å². The molecule has 0 aliphatic rings. The quantitative estimate of drug-likeness (QED) is 0.130. The minimum atomic E-state index is -3.85. The van der Waals surface area contributed by atoms with E-state index < -0.39 is 22.0 Å². The van der Waals surface area contributed by atoms with Gasteiger partial charge in [-0.15, -0.1) is 11.3 Å². The molecule has 1 aromatic heterocycles. The zero-order valence-electron chi connectivity index (χ0n) is 18.3. The molecule has 1 atom stereocenters. The molecule has 0 saturated heterocycles. The van der Waals surface area contributed by atoms with Gasteiger partial charge in [0, 0.05) is 23.2 Å². The fourth-order valence-electron chi connectivity index (χ4n) is 3.11. The minimum absolute atomic E-state index is 0.00978. The highest BCUT2D eigenvalue weighted by molar-refractivity contribution is 7.91. The number of hydrogen-bond acceptors (Lipinski definition) is 9. The molecular weight excluding hydrogens is 514 g/mol. The van der Waals surface area contributed by atoms with Crippen molar-refractivity contribution in [2.24, 2.45) is 11.6 Å². The van der Waals surface area contributed by atoms with Crippen molar-refractivity contribution in [3.8, 4) is 16.2 Å². The minimum Gasteiger partial charge on any atom is -0.506 e. The van der Waals surface area contributed by atoms with Gasteiger partial charge in [0.15, 0.2) is 0 Å². The first-order valence-corrected chi connectivity index (χ1v) is 12.8. The molecule has 0 bridgehead atoms. The summed E-state index contributed by atoms with van der Waals surface area (Å²) in [5.41, 5.74) is 8.96. The lowest BCUT2D eigenvalue weighted by atomic mass is 10.0. The Kier molecular flexibility index (Phi) is 8.72. The molecule has 3 aromatic rings. The second kappa shape index (κ2) is 11.5. The van der Waals surface area contributed by atoms with E-state index in [4.69, 9.17) is 28.4 Å². The molecule has 0 spiro atoms. The molecule has 0 unspecified atom stereocenters. The maximum atomic E-state index is 12.7. The Morgan fingerprint density at radius 2 is 1.89 bits per heavy atom. The van der Waals surface area contributed by atoms with Gasteiger partial charge in [0.25, 0.3) is 5.91 Å². The number of rotatable bonds is 10. The first kappa shape index (κ1) is 26.5. The van der Waals surface area contributed by atoms with Crippen LogP contribution in [0.5, 0.6) is 5.75 Å². The van der Waals surface area contributed by atoms with Gasteiger partial charge in [-0.05, 0) is 35.4 Å². The van der Waals surface area contributed by atoms with Gasteiger partial charge in [0.1, 0.15) is 16.0 Å². The van der Waals surface area contributed by atoms with Gasteiger partial charge < -0.3 is 15.8 Å². The highest BCUT2D eigenvalue weighted by Gasteiger charge is 2.24. The molecule has 35 heavy (non-hydrogen) atoms. The number of phenols is 1. The highest BCUT2D eigenvalue weighted by Crippen LogP contribution is 2.30. The highest BCUT2D eigenvalue weighted by atomic mass is 35.5. The molecule has 1 heterocycles. The van der Waals surface area contributed by atoms with Crippen molar-refractivity contribution in [3.63, 3.8) is 0 Å². The second-order valence-corrected chi connectivity index (χ2v) is 10.9. The topological polar surface area (TPSA) is 171 Å². The fourth-order valence-corrected chi connectivity index (χ4v) is 5.68. The number of halogens is 1. The molecule has 10 nitrogen and oxygen atoms in total. The van der Waals surface area contributed by atoms with Crippen LogP contribution in [0.2, 0.25) is 5.02 Å². The molecular formula is C22H24ClN5O5S2. The van der Waals surface area contributed by atoms with E-state index in [2.05, 4.69) is 4.72 Å². The van der Waals surface area contributed by atoms with E-state index in [-0.39, 0.29) is 33.6 Å². The van der Waals surface area contributed by atoms with Gasteiger partial charge in [-0.2, -0.15) is 0 Å². The second-order valence-electron chi connectivity index (χ2n) is 7.44.